The Morgan fingerprint density at radius 3 is 2.75 bits per heavy atom. The van der Waals surface area contributed by atoms with Crippen LogP contribution in [0.1, 0.15) is 6.92 Å². The fraction of sp³-hybridized carbons (Fsp3) is 0.333. The van der Waals surface area contributed by atoms with Crippen LogP contribution in [0.2, 0.25) is 0 Å². The number of carbonyl (C=O) groups is 1. The first-order valence-corrected chi connectivity index (χ1v) is 6.53. The van der Waals surface area contributed by atoms with E-state index in [1.165, 1.54) is 0 Å². The Morgan fingerprint density at radius 1 is 1.35 bits per heavy atom. The molecular formula is C15H19N3O2. The monoisotopic (exact) mass is 273 g/mol. The molecule has 5 heteroatoms. The summed E-state index contributed by atoms with van der Waals surface area (Å²) >= 11 is 0. The Hall–Kier alpha value is -2.14. The Bertz CT molecular complexity index is 533. The maximum Gasteiger partial charge on any atom is 0.148 e. The highest BCUT2D eigenvalue weighted by Gasteiger charge is 2.08. The summed E-state index contributed by atoms with van der Waals surface area (Å²) in [5, 5.41) is 6.36. The maximum atomic E-state index is 11.0. The Morgan fingerprint density at radius 2 is 2.10 bits per heavy atom. The standard InChI is InChI=1S/C15H19N3O2/c1-11(19)8-17-13-7-14(10-16-9-13)18-12-3-5-15(20-2)6-4-12/h3-7,16-17H,8-10H2,1-2H3/b18-14-. The average molecular weight is 273 g/mol. The van der Waals surface area contributed by atoms with Gasteiger partial charge in [0, 0.05) is 18.8 Å². The van der Waals surface area contributed by atoms with Crippen molar-refractivity contribution in [2.75, 3.05) is 26.7 Å². The number of nitrogens with one attached hydrogen (secondary N) is 2. The molecule has 0 spiro atoms. The molecule has 5 nitrogen and oxygen atoms in total. The first kappa shape index (κ1) is 14.3. The minimum absolute atomic E-state index is 0.116. The van der Waals surface area contributed by atoms with Crippen LogP contribution in [-0.4, -0.2) is 38.2 Å². The number of aliphatic imine (C=N–C) groups is 1. The highest BCUT2D eigenvalue weighted by molar-refractivity contribution is 5.99. The van der Waals surface area contributed by atoms with Gasteiger partial charge < -0.3 is 15.4 Å². The van der Waals surface area contributed by atoms with Crippen LogP contribution in [0.25, 0.3) is 0 Å². The van der Waals surface area contributed by atoms with E-state index < -0.39 is 0 Å². The van der Waals surface area contributed by atoms with Crippen molar-refractivity contribution in [2.45, 2.75) is 6.92 Å². The van der Waals surface area contributed by atoms with Gasteiger partial charge in [-0.3, -0.25) is 9.79 Å². The molecule has 0 atom stereocenters. The van der Waals surface area contributed by atoms with E-state index in [-0.39, 0.29) is 5.78 Å². The third-order valence-corrected chi connectivity index (χ3v) is 2.87. The first-order valence-electron chi connectivity index (χ1n) is 6.53. The molecule has 20 heavy (non-hydrogen) atoms. The molecule has 0 bridgehead atoms. The van der Waals surface area contributed by atoms with Gasteiger partial charge in [0.15, 0.2) is 0 Å². The second-order valence-electron chi connectivity index (χ2n) is 4.63. The zero-order valence-corrected chi connectivity index (χ0v) is 11.8. The third-order valence-electron chi connectivity index (χ3n) is 2.87. The molecule has 0 unspecified atom stereocenters. The Labute approximate surface area is 118 Å². The predicted molar refractivity (Wildman–Crippen MR) is 79.7 cm³/mol. The lowest BCUT2D eigenvalue weighted by atomic mass is 10.2. The van der Waals surface area contributed by atoms with Gasteiger partial charge in [-0.2, -0.15) is 0 Å². The van der Waals surface area contributed by atoms with E-state index >= 15 is 0 Å². The number of methoxy groups -OCH3 is 1. The summed E-state index contributed by atoms with van der Waals surface area (Å²) in [6.07, 6.45) is 1.99. The summed E-state index contributed by atoms with van der Waals surface area (Å²) in [5.74, 6) is 0.931. The largest absolute Gasteiger partial charge is 0.497 e. The number of ketones is 1. The van der Waals surface area contributed by atoms with Gasteiger partial charge in [0.25, 0.3) is 0 Å². The minimum Gasteiger partial charge on any atom is -0.497 e. The number of rotatable bonds is 5. The topological polar surface area (TPSA) is 62.7 Å². The lowest BCUT2D eigenvalue weighted by Gasteiger charge is -2.17. The molecule has 0 saturated heterocycles. The van der Waals surface area contributed by atoms with Crippen LogP contribution in [0.4, 0.5) is 5.69 Å². The molecule has 0 aliphatic carbocycles. The molecule has 0 amide bonds. The number of ether oxygens (including phenoxy) is 1. The lowest BCUT2D eigenvalue weighted by molar-refractivity contribution is -0.116. The SMILES string of the molecule is COc1ccc(/N=C2/C=C(NCC(C)=O)CNC2)cc1. The molecule has 1 aromatic rings. The van der Waals surface area contributed by atoms with E-state index in [1.54, 1.807) is 14.0 Å². The maximum absolute atomic E-state index is 11.0. The molecule has 2 N–H and O–H groups in total. The smallest absolute Gasteiger partial charge is 0.148 e. The van der Waals surface area contributed by atoms with Crippen molar-refractivity contribution in [2.24, 2.45) is 4.99 Å². The first-order chi connectivity index (χ1) is 9.67. The molecule has 0 radical (unpaired) electrons. The molecule has 2 rings (SSSR count). The summed E-state index contributed by atoms with van der Waals surface area (Å²) in [5.41, 5.74) is 2.80. The molecule has 106 valence electrons. The van der Waals surface area contributed by atoms with Crippen molar-refractivity contribution >= 4 is 17.2 Å². The second-order valence-corrected chi connectivity index (χ2v) is 4.63. The lowest BCUT2D eigenvalue weighted by Crippen LogP contribution is -2.35. The highest BCUT2D eigenvalue weighted by Crippen LogP contribution is 2.18. The van der Waals surface area contributed by atoms with E-state index in [2.05, 4.69) is 15.6 Å². The van der Waals surface area contributed by atoms with Gasteiger partial charge in [-0.05, 0) is 37.3 Å². The van der Waals surface area contributed by atoms with E-state index in [4.69, 9.17) is 4.74 Å². The van der Waals surface area contributed by atoms with Gasteiger partial charge in [0.1, 0.15) is 11.5 Å². The summed E-state index contributed by atoms with van der Waals surface area (Å²) < 4.78 is 5.12. The number of carbonyl (C=O) groups excluding carboxylic acids is 1. The fourth-order valence-electron chi connectivity index (χ4n) is 1.87. The molecular weight excluding hydrogens is 254 g/mol. The summed E-state index contributed by atoms with van der Waals surface area (Å²) in [4.78, 5) is 15.5. The van der Waals surface area contributed by atoms with Gasteiger partial charge in [-0.15, -0.1) is 0 Å². The van der Waals surface area contributed by atoms with Crippen LogP contribution in [0, 0.1) is 0 Å². The average Bonchev–Trinajstić information content (AvgIpc) is 2.46. The van der Waals surface area contributed by atoms with Crippen molar-refractivity contribution in [3.63, 3.8) is 0 Å². The van der Waals surface area contributed by atoms with Crippen molar-refractivity contribution in [1.29, 1.82) is 0 Å². The van der Waals surface area contributed by atoms with E-state index in [0.29, 0.717) is 6.54 Å². The normalized spacial score (nSPS) is 16.7. The molecule has 0 saturated carbocycles. The summed E-state index contributed by atoms with van der Waals surface area (Å²) in [7, 11) is 1.64. The van der Waals surface area contributed by atoms with E-state index in [0.717, 1.165) is 35.9 Å². The fourth-order valence-corrected chi connectivity index (χ4v) is 1.87. The van der Waals surface area contributed by atoms with Crippen LogP contribution in [0.15, 0.2) is 41.0 Å². The molecule has 1 aliphatic heterocycles. The highest BCUT2D eigenvalue weighted by atomic mass is 16.5. The van der Waals surface area contributed by atoms with Crippen LogP contribution in [0.3, 0.4) is 0 Å². The van der Waals surface area contributed by atoms with Gasteiger partial charge in [-0.25, -0.2) is 0 Å². The van der Waals surface area contributed by atoms with E-state index in [1.807, 2.05) is 30.3 Å². The Kier molecular flexibility index (Phi) is 4.90. The zero-order valence-electron chi connectivity index (χ0n) is 11.8. The second kappa shape index (κ2) is 6.86. The summed E-state index contributed by atoms with van der Waals surface area (Å²) in [6, 6.07) is 7.59. The number of hydrogen-bond donors (Lipinski definition) is 2. The zero-order chi connectivity index (χ0) is 14.4. The molecule has 1 aromatic carbocycles. The molecule has 1 heterocycles. The third kappa shape index (κ3) is 4.20. The number of benzene rings is 1. The quantitative estimate of drug-likeness (QED) is 0.852. The Balaban J connectivity index is 2.07. The number of Topliss-reactive ketones (excluding diaryl/α,β-unsaturated/α-hetero) is 1. The van der Waals surface area contributed by atoms with Gasteiger partial charge in [0.2, 0.25) is 0 Å². The van der Waals surface area contributed by atoms with Crippen molar-refractivity contribution in [1.82, 2.24) is 10.6 Å². The predicted octanol–water partition coefficient (Wildman–Crippen LogP) is 1.43. The molecule has 0 fully saturated rings. The molecule has 1 aliphatic rings. The van der Waals surface area contributed by atoms with Crippen molar-refractivity contribution in [3.8, 4) is 5.75 Å². The summed E-state index contributed by atoms with van der Waals surface area (Å²) in [6.45, 7) is 3.37. The number of hydrogen-bond acceptors (Lipinski definition) is 5. The van der Waals surface area contributed by atoms with Crippen LogP contribution in [0.5, 0.6) is 5.75 Å². The van der Waals surface area contributed by atoms with Crippen LogP contribution >= 0.6 is 0 Å². The molecule has 0 aromatic heterocycles. The van der Waals surface area contributed by atoms with Gasteiger partial charge in [0.05, 0.1) is 25.1 Å². The van der Waals surface area contributed by atoms with E-state index in [9.17, 15) is 4.79 Å². The van der Waals surface area contributed by atoms with Crippen LogP contribution < -0.4 is 15.4 Å². The van der Waals surface area contributed by atoms with Gasteiger partial charge in [-0.1, -0.05) is 0 Å². The van der Waals surface area contributed by atoms with Gasteiger partial charge >= 0.3 is 0 Å². The van der Waals surface area contributed by atoms with Crippen LogP contribution in [-0.2, 0) is 4.79 Å². The van der Waals surface area contributed by atoms with Crippen molar-refractivity contribution in [3.05, 3.63) is 36.0 Å². The van der Waals surface area contributed by atoms with Crippen molar-refractivity contribution < 1.29 is 9.53 Å². The minimum atomic E-state index is 0.116. The number of nitrogens with zero attached hydrogens (tertiary/aromatic N) is 1.